The van der Waals surface area contributed by atoms with Crippen molar-refractivity contribution in [1.82, 2.24) is 9.13 Å². The number of halogens is 3. The second kappa shape index (κ2) is 10.00. The molecular formula is C24H21F3N2O6. The Kier molecular flexibility index (Phi) is 7.28. The van der Waals surface area contributed by atoms with Crippen molar-refractivity contribution in [2.75, 3.05) is 13.7 Å². The van der Waals surface area contributed by atoms with Gasteiger partial charge < -0.3 is 18.6 Å². The minimum Gasteiger partial charge on any atom is -0.465 e. The van der Waals surface area contributed by atoms with Crippen molar-refractivity contribution in [2.45, 2.75) is 26.6 Å². The van der Waals surface area contributed by atoms with E-state index in [-0.39, 0.29) is 5.56 Å². The lowest BCUT2D eigenvalue weighted by molar-refractivity contribution is -0.144. The van der Waals surface area contributed by atoms with Crippen molar-refractivity contribution in [2.24, 2.45) is 0 Å². The standard InChI is InChI=1S/C24H21F3N2O6/c1-14-10-19(15(2)29(14)18-7-4-16(5-8-18)23(33)34-3)20(30)13-35-22(32)12-28-11-17(24(25,26)27)6-9-21(28)31/h4-11H,12-13H2,1-3H3. The molecule has 11 heteroatoms. The first kappa shape index (κ1) is 25.5. The van der Waals surface area contributed by atoms with Crippen LogP contribution in [0.25, 0.3) is 5.69 Å². The molecule has 1 aromatic carbocycles. The van der Waals surface area contributed by atoms with Gasteiger partial charge in [0.15, 0.2) is 6.61 Å². The summed E-state index contributed by atoms with van der Waals surface area (Å²) in [5, 5.41) is 0. The van der Waals surface area contributed by atoms with Gasteiger partial charge in [0.25, 0.3) is 5.56 Å². The Balaban J connectivity index is 1.71. The highest BCUT2D eigenvalue weighted by atomic mass is 19.4. The number of hydrogen-bond donors (Lipinski definition) is 0. The number of hydrogen-bond acceptors (Lipinski definition) is 6. The van der Waals surface area contributed by atoms with E-state index in [1.54, 1.807) is 48.7 Å². The van der Waals surface area contributed by atoms with Gasteiger partial charge in [-0.25, -0.2) is 4.79 Å². The molecule has 2 aromatic heterocycles. The van der Waals surface area contributed by atoms with E-state index < -0.39 is 48.2 Å². The van der Waals surface area contributed by atoms with E-state index in [2.05, 4.69) is 4.74 Å². The van der Waals surface area contributed by atoms with Gasteiger partial charge in [-0.05, 0) is 50.2 Å². The number of carbonyl (C=O) groups excluding carboxylic acids is 3. The molecule has 0 spiro atoms. The molecule has 184 valence electrons. The monoisotopic (exact) mass is 490 g/mol. The first-order chi connectivity index (χ1) is 16.4. The van der Waals surface area contributed by atoms with Gasteiger partial charge >= 0.3 is 18.1 Å². The molecule has 2 heterocycles. The summed E-state index contributed by atoms with van der Waals surface area (Å²) in [5.41, 5.74) is 0.691. The predicted octanol–water partition coefficient (Wildman–Crippen LogP) is 3.49. The molecule has 0 radical (unpaired) electrons. The normalized spacial score (nSPS) is 11.3. The van der Waals surface area contributed by atoms with Crippen LogP contribution in [-0.2, 0) is 27.0 Å². The topological polar surface area (TPSA) is 96.6 Å². The molecule has 0 amide bonds. The zero-order valence-corrected chi connectivity index (χ0v) is 19.0. The van der Waals surface area contributed by atoms with Crippen molar-refractivity contribution in [3.05, 3.63) is 87.1 Å². The molecule has 8 nitrogen and oxygen atoms in total. The van der Waals surface area contributed by atoms with Gasteiger partial charge in [-0.3, -0.25) is 14.4 Å². The van der Waals surface area contributed by atoms with Crippen LogP contribution in [0.4, 0.5) is 13.2 Å². The Bertz CT molecular complexity index is 1340. The van der Waals surface area contributed by atoms with E-state index in [9.17, 15) is 32.3 Å². The van der Waals surface area contributed by atoms with Gasteiger partial charge in [0.1, 0.15) is 6.54 Å². The molecule has 3 rings (SSSR count). The van der Waals surface area contributed by atoms with E-state index in [0.29, 0.717) is 45.5 Å². The molecule has 0 aliphatic rings. The Morgan fingerprint density at radius 3 is 2.26 bits per heavy atom. The van der Waals surface area contributed by atoms with Gasteiger partial charge in [0, 0.05) is 34.9 Å². The number of nitrogens with zero attached hydrogens (tertiary/aromatic N) is 2. The largest absolute Gasteiger partial charge is 0.465 e. The van der Waals surface area contributed by atoms with Crippen LogP contribution in [0.5, 0.6) is 0 Å². The van der Waals surface area contributed by atoms with Crippen molar-refractivity contribution < 1.29 is 37.0 Å². The van der Waals surface area contributed by atoms with Crippen molar-refractivity contribution >= 4 is 17.7 Å². The molecule has 3 aromatic rings. The summed E-state index contributed by atoms with van der Waals surface area (Å²) in [5.74, 6) is -2.05. The van der Waals surface area contributed by atoms with Gasteiger partial charge in [-0.2, -0.15) is 13.2 Å². The summed E-state index contributed by atoms with van der Waals surface area (Å²) in [4.78, 5) is 48.2. The van der Waals surface area contributed by atoms with E-state index in [1.807, 2.05) is 0 Å². The number of aromatic nitrogens is 2. The smallest absolute Gasteiger partial charge is 0.417 e. The fourth-order valence-electron chi connectivity index (χ4n) is 3.54. The zero-order chi connectivity index (χ0) is 25.9. The fraction of sp³-hybridized carbons (Fsp3) is 0.250. The molecule has 0 aliphatic carbocycles. The first-order valence-corrected chi connectivity index (χ1v) is 10.3. The minimum atomic E-state index is -4.68. The number of esters is 2. The first-order valence-electron chi connectivity index (χ1n) is 10.3. The summed E-state index contributed by atoms with van der Waals surface area (Å²) in [6.07, 6.45) is -4.16. The second-order valence-electron chi connectivity index (χ2n) is 7.62. The molecule has 0 unspecified atom stereocenters. The van der Waals surface area contributed by atoms with Crippen LogP contribution in [0.15, 0.2) is 53.5 Å². The molecule has 0 aliphatic heterocycles. The number of ether oxygens (including phenoxy) is 2. The van der Waals surface area contributed by atoms with Crippen molar-refractivity contribution in [1.29, 1.82) is 0 Å². The lowest BCUT2D eigenvalue weighted by Gasteiger charge is -2.11. The maximum Gasteiger partial charge on any atom is 0.417 e. The molecule has 0 atom stereocenters. The van der Waals surface area contributed by atoms with Crippen LogP contribution in [0.3, 0.4) is 0 Å². The maximum absolute atomic E-state index is 12.8. The lowest BCUT2D eigenvalue weighted by Crippen LogP contribution is -2.27. The number of benzene rings is 1. The van der Waals surface area contributed by atoms with Gasteiger partial charge in [-0.15, -0.1) is 0 Å². The number of carbonyl (C=O) groups is 3. The number of aryl methyl sites for hydroxylation is 1. The highest BCUT2D eigenvalue weighted by Crippen LogP contribution is 2.28. The van der Waals surface area contributed by atoms with Gasteiger partial charge in [0.05, 0.1) is 18.2 Å². The Hall–Kier alpha value is -4.15. The van der Waals surface area contributed by atoms with Crippen LogP contribution in [0.1, 0.15) is 37.7 Å². The number of Topliss-reactive ketones (excluding diaryl/α,β-unsaturated/α-hetero) is 1. The summed E-state index contributed by atoms with van der Waals surface area (Å²) >= 11 is 0. The highest BCUT2D eigenvalue weighted by Gasteiger charge is 2.31. The molecule has 0 bridgehead atoms. The third-order valence-corrected chi connectivity index (χ3v) is 5.25. The van der Waals surface area contributed by atoms with E-state index in [1.165, 1.54) is 7.11 Å². The van der Waals surface area contributed by atoms with Crippen LogP contribution < -0.4 is 5.56 Å². The molecular weight excluding hydrogens is 469 g/mol. The average Bonchev–Trinajstić information content (AvgIpc) is 3.11. The number of rotatable bonds is 7. The Morgan fingerprint density at radius 2 is 1.66 bits per heavy atom. The SMILES string of the molecule is COC(=O)c1ccc(-n2c(C)cc(C(=O)COC(=O)Cn3cc(C(F)(F)F)ccc3=O)c2C)cc1. The highest BCUT2D eigenvalue weighted by molar-refractivity contribution is 5.99. The molecule has 35 heavy (non-hydrogen) atoms. The predicted molar refractivity (Wildman–Crippen MR) is 118 cm³/mol. The third-order valence-electron chi connectivity index (χ3n) is 5.25. The number of pyridine rings is 1. The maximum atomic E-state index is 12.8. The molecule has 0 N–H and O–H groups in total. The molecule has 0 saturated heterocycles. The average molecular weight is 490 g/mol. The van der Waals surface area contributed by atoms with Gasteiger partial charge in [-0.1, -0.05) is 0 Å². The van der Waals surface area contributed by atoms with Crippen molar-refractivity contribution in [3.63, 3.8) is 0 Å². The summed E-state index contributed by atoms with van der Waals surface area (Å²) in [6.45, 7) is 2.03. The number of methoxy groups -OCH3 is 1. The van der Waals surface area contributed by atoms with Crippen LogP contribution in [0.2, 0.25) is 0 Å². The van der Waals surface area contributed by atoms with Crippen LogP contribution in [0, 0.1) is 13.8 Å². The summed E-state index contributed by atoms with van der Waals surface area (Å²) in [7, 11) is 1.28. The second-order valence-corrected chi connectivity index (χ2v) is 7.62. The quantitative estimate of drug-likeness (QED) is 0.372. The molecule has 0 fully saturated rings. The lowest BCUT2D eigenvalue weighted by atomic mass is 10.1. The van der Waals surface area contributed by atoms with Crippen LogP contribution in [-0.4, -0.2) is 40.6 Å². The summed E-state index contributed by atoms with van der Waals surface area (Å²) in [6, 6.07) is 9.47. The van der Waals surface area contributed by atoms with E-state index in [0.717, 1.165) is 0 Å². The zero-order valence-electron chi connectivity index (χ0n) is 19.0. The number of ketones is 1. The summed E-state index contributed by atoms with van der Waals surface area (Å²) < 4.78 is 50.5. The fourth-order valence-corrected chi connectivity index (χ4v) is 3.54. The third kappa shape index (κ3) is 5.68. The van der Waals surface area contributed by atoms with Gasteiger partial charge in [0.2, 0.25) is 5.78 Å². The van der Waals surface area contributed by atoms with Crippen molar-refractivity contribution in [3.8, 4) is 5.69 Å². The number of alkyl halides is 3. The van der Waals surface area contributed by atoms with E-state index >= 15 is 0 Å². The minimum absolute atomic E-state index is 0.281. The van der Waals surface area contributed by atoms with Crippen LogP contribution >= 0.6 is 0 Å². The molecule has 0 saturated carbocycles. The Morgan fingerprint density at radius 1 is 1.00 bits per heavy atom. The Labute approximate surface area is 197 Å². The van der Waals surface area contributed by atoms with E-state index in [4.69, 9.17) is 4.74 Å².